The third-order valence-corrected chi connectivity index (χ3v) is 4.89. The summed E-state index contributed by atoms with van der Waals surface area (Å²) in [5.41, 5.74) is 2.78. The number of hydrogen-bond donors (Lipinski definition) is 1. The van der Waals surface area contributed by atoms with Gasteiger partial charge in [-0.25, -0.2) is 0 Å². The first kappa shape index (κ1) is 19.0. The Morgan fingerprint density at radius 3 is 2.76 bits per heavy atom. The van der Waals surface area contributed by atoms with Gasteiger partial charge in [-0.15, -0.1) is 15.0 Å². The molecule has 1 aliphatic heterocycles. The van der Waals surface area contributed by atoms with E-state index >= 15 is 0 Å². The Bertz CT molecular complexity index is 1050. The maximum Gasteiger partial charge on any atom is 0.308 e. The van der Waals surface area contributed by atoms with E-state index in [1.165, 1.54) is 10.9 Å². The second-order valence-corrected chi connectivity index (χ2v) is 7.11. The summed E-state index contributed by atoms with van der Waals surface area (Å²) in [6.07, 6.45) is 2.39. The van der Waals surface area contributed by atoms with Crippen molar-refractivity contribution in [1.29, 1.82) is 0 Å². The molecule has 0 radical (unpaired) electrons. The Hall–Kier alpha value is -3.29. The quantitative estimate of drug-likeness (QED) is 0.611. The molecule has 29 heavy (non-hydrogen) atoms. The maximum atomic E-state index is 11.9. The van der Waals surface area contributed by atoms with Crippen LogP contribution in [0.4, 0.5) is 0 Å². The van der Waals surface area contributed by atoms with Crippen LogP contribution in [0.3, 0.4) is 0 Å². The van der Waals surface area contributed by atoms with Crippen molar-refractivity contribution in [2.75, 3.05) is 13.4 Å². The molecule has 1 N–H and O–H groups in total. The van der Waals surface area contributed by atoms with Gasteiger partial charge in [-0.1, -0.05) is 26.3 Å². The van der Waals surface area contributed by atoms with Gasteiger partial charge < -0.3 is 19.3 Å². The number of ether oxygens (including phenoxy) is 3. The van der Waals surface area contributed by atoms with Crippen LogP contribution in [-0.4, -0.2) is 39.5 Å². The number of aromatic nitrogens is 3. The molecule has 0 bridgehead atoms. The number of carbonyl (C=O) groups is 1. The molecule has 152 valence electrons. The summed E-state index contributed by atoms with van der Waals surface area (Å²) >= 11 is 0. The van der Waals surface area contributed by atoms with Crippen LogP contribution in [0, 0.1) is 5.92 Å². The third kappa shape index (κ3) is 3.96. The van der Waals surface area contributed by atoms with Gasteiger partial charge in [0.25, 0.3) is 0 Å². The lowest BCUT2D eigenvalue weighted by Gasteiger charge is -2.10. The number of fused-ring (bicyclic) bond motifs is 2. The molecule has 0 amide bonds. The number of nitrogens with zero attached hydrogens (tertiary/aromatic N) is 3. The molecule has 2 aromatic carbocycles. The van der Waals surface area contributed by atoms with Gasteiger partial charge in [0.2, 0.25) is 6.79 Å². The van der Waals surface area contributed by atoms with E-state index in [0.29, 0.717) is 41.2 Å². The van der Waals surface area contributed by atoms with E-state index in [1.807, 2.05) is 25.1 Å². The number of esters is 1. The summed E-state index contributed by atoms with van der Waals surface area (Å²) in [4.78, 5) is 13.3. The number of rotatable bonds is 7. The lowest BCUT2D eigenvalue weighted by atomic mass is 10.1. The van der Waals surface area contributed by atoms with E-state index < -0.39 is 0 Å². The van der Waals surface area contributed by atoms with Crippen LogP contribution in [0.1, 0.15) is 32.3 Å². The molecule has 0 aliphatic carbocycles. The van der Waals surface area contributed by atoms with Crippen LogP contribution in [0.15, 0.2) is 30.3 Å². The predicted octanol–water partition coefficient (Wildman–Crippen LogP) is 3.38. The Balaban J connectivity index is 1.48. The van der Waals surface area contributed by atoms with Crippen LogP contribution < -0.4 is 9.47 Å². The largest absolute Gasteiger partial charge is 0.505 e. The minimum absolute atomic E-state index is 0.00268. The van der Waals surface area contributed by atoms with Crippen molar-refractivity contribution in [3.63, 3.8) is 0 Å². The first-order valence-corrected chi connectivity index (χ1v) is 9.70. The van der Waals surface area contributed by atoms with Gasteiger partial charge in [0, 0.05) is 18.6 Å². The molecule has 3 aromatic rings. The van der Waals surface area contributed by atoms with Crippen molar-refractivity contribution < 1.29 is 24.1 Å². The standard InChI is InChI=1S/C21H23N3O5/c1-3-4-13(2)21(26)27-8-7-14-5-6-15-16(9-14)23-24(22-15)17-10-19-20(11-18(17)25)29-12-28-19/h5-6,9-11,13,25H,3-4,7-8,12H2,1-2H3. The molecule has 2 heterocycles. The second-order valence-electron chi connectivity index (χ2n) is 7.11. The smallest absolute Gasteiger partial charge is 0.308 e. The fourth-order valence-corrected chi connectivity index (χ4v) is 3.27. The first-order chi connectivity index (χ1) is 14.0. The van der Waals surface area contributed by atoms with Crippen molar-refractivity contribution in [3.05, 3.63) is 35.9 Å². The van der Waals surface area contributed by atoms with Crippen LogP contribution in [0.2, 0.25) is 0 Å². The fraction of sp³-hybridized carbons (Fsp3) is 0.381. The fourth-order valence-electron chi connectivity index (χ4n) is 3.27. The number of carbonyl (C=O) groups excluding carboxylic acids is 1. The van der Waals surface area contributed by atoms with Crippen LogP contribution in [0.5, 0.6) is 17.2 Å². The van der Waals surface area contributed by atoms with E-state index in [-0.39, 0.29) is 24.4 Å². The van der Waals surface area contributed by atoms with Crippen LogP contribution in [-0.2, 0) is 16.0 Å². The Kier molecular flexibility index (Phi) is 5.24. The average Bonchev–Trinajstić information content (AvgIpc) is 3.32. The molecule has 0 spiro atoms. The predicted molar refractivity (Wildman–Crippen MR) is 105 cm³/mol. The van der Waals surface area contributed by atoms with E-state index in [4.69, 9.17) is 14.2 Å². The molecule has 4 rings (SSSR count). The van der Waals surface area contributed by atoms with Crippen molar-refractivity contribution >= 4 is 17.0 Å². The molecule has 1 atom stereocenters. The zero-order valence-electron chi connectivity index (χ0n) is 16.4. The molecular weight excluding hydrogens is 374 g/mol. The number of phenolic OH excluding ortho intramolecular Hbond substituents is 1. The lowest BCUT2D eigenvalue weighted by Crippen LogP contribution is -2.16. The van der Waals surface area contributed by atoms with E-state index in [2.05, 4.69) is 17.1 Å². The van der Waals surface area contributed by atoms with Crippen molar-refractivity contribution in [2.45, 2.75) is 33.1 Å². The highest BCUT2D eigenvalue weighted by atomic mass is 16.7. The summed E-state index contributed by atoms with van der Waals surface area (Å²) in [7, 11) is 0. The van der Waals surface area contributed by atoms with Gasteiger partial charge in [0.05, 0.1) is 12.5 Å². The number of phenols is 1. The van der Waals surface area contributed by atoms with Crippen LogP contribution >= 0.6 is 0 Å². The SMILES string of the molecule is CCCC(C)C(=O)OCCc1ccc2nn(-c3cc4c(cc3O)OCO4)nc2c1. The van der Waals surface area contributed by atoms with E-state index in [9.17, 15) is 9.90 Å². The van der Waals surface area contributed by atoms with E-state index in [1.54, 1.807) is 6.07 Å². The molecule has 0 saturated carbocycles. The zero-order valence-corrected chi connectivity index (χ0v) is 16.4. The van der Waals surface area contributed by atoms with Crippen molar-refractivity contribution in [2.24, 2.45) is 5.92 Å². The molecule has 1 unspecified atom stereocenters. The minimum atomic E-state index is -0.155. The molecule has 1 aromatic heterocycles. The highest BCUT2D eigenvalue weighted by Crippen LogP contribution is 2.39. The number of benzene rings is 2. The molecule has 8 heteroatoms. The normalized spacial score (nSPS) is 13.6. The van der Waals surface area contributed by atoms with Gasteiger partial charge >= 0.3 is 5.97 Å². The molecular formula is C21H23N3O5. The highest BCUT2D eigenvalue weighted by molar-refractivity contribution is 5.75. The molecule has 1 aliphatic rings. The van der Waals surface area contributed by atoms with Crippen LogP contribution in [0.25, 0.3) is 16.7 Å². The summed E-state index contributed by atoms with van der Waals surface area (Å²) in [6.45, 7) is 4.39. The van der Waals surface area contributed by atoms with Gasteiger partial charge in [0.1, 0.15) is 22.5 Å². The lowest BCUT2D eigenvalue weighted by molar-refractivity contribution is -0.148. The van der Waals surface area contributed by atoms with Gasteiger partial charge in [-0.05, 0) is 24.1 Å². The maximum absolute atomic E-state index is 11.9. The van der Waals surface area contributed by atoms with Gasteiger partial charge in [-0.2, -0.15) is 0 Å². The monoisotopic (exact) mass is 397 g/mol. The third-order valence-electron chi connectivity index (χ3n) is 4.89. The van der Waals surface area contributed by atoms with Crippen molar-refractivity contribution in [1.82, 2.24) is 15.0 Å². The topological polar surface area (TPSA) is 95.7 Å². The Labute approximate surface area is 168 Å². The van der Waals surface area contributed by atoms with Gasteiger partial charge in [0.15, 0.2) is 11.5 Å². The van der Waals surface area contributed by atoms with E-state index in [0.717, 1.165) is 18.4 Å². The molecule has 0 fully saturated rings. The molecule has 0 saturated heterocycles. The Morgan fingerprint density at radius 2 is 1.97 bits per heavy atom. The molecule has 8 nitrogen and oxygen atoms in total. The summed E-state index contributed by atoms with van der Waals surface area (Å²) < 4.78 is 16.0. The van der Waals surface area contributed by atoms with Gasteiger partial charge in [-0.3, -0.25) is 4.79 Å². The highest BCUT2D eigenvalue weighted by Gasteiger charge is 2.19. The minimum Gasteiger partial charge on any atom is -0.505 e. The summed E-state index contributed by atoms with van der Waals surface area (Å²) in [5, 5.41) is 19.2. The summed E-state index contributed by atoms with van der Waals surface area (Å²) in [5.74, 6) is 0.809. The second kappa shape index (κ2) is 7.98. The number of hydrogen-bond acceptors (Lipinski definition) is 7. The number of aromatic hydroxyl groups is 1. The average molecular weight is 397 g/mol. The first-order valence-electron chi connectivity index (χ1n) is 9.70. The Morgan fingerprint density at radius 1 is 1.21 bits per heavy atom. The summed E-state index contributed by atoms with van der Waals surface area (Å²) in [6, 6.07) is 8.84. The van der Waals surface area contributed by atoms with Crippen molar-refractivity contribution in [3.8, 4) is 22.9 Å². The zero-order chi connectivity index (χ0) is 20.4.